The highest BCUT2D eigenvalue weighted by atomic mass is 35.5. The maximum Gasteiger partial charge on any atom is 0.416 e. The number of benzene rings is 1. The van der Waals surface area contributed by atoms with E-state index >= 15 is 0 Å². The molecule has 1 saturated heterocycles. The largest absolute Gasteiger partial charge is 0.416 e. The van der Waals surface area contributed by atoms with Crippen molar-refractivity contribution < 1.29 is 34.7 Å². The Labute approximate surface area is 183 Å². The fraction of sp³-hybridized carbons (Fsp3) is 0.421. The minimum absolute atomic E-state index is 0.00515. The summed E-state index contributed by atoms with van der Waals surface area (Å²) in [5.41, 5.74) is -1.38. The van der Waals surface area contributed by atoms with E-state index in [0.717, 1.165) is 36.7 Å². The Kier molecular flexibility index (Phi) is 6.20. The van der Waals surface area contributed by atoms with Crippen molar-refractivity contribution in [3.8, 4) is 0 Å². The standard InChI is InChI=1S/C19H19ClF3NO5S2/c1-12-6-7-29-18(10-12,17-16(20)9-15(11-24-17)30(2,25)26)31(27,28)14-5-3-4-13(8-14)19(21,22)23/h3-5,8-9,11-12H,6-7,10H2,1-2H3. The second-order valence-electron chi connectivity index (χ2n) is 7.50. The first-order chi connectivity index (χ1) is 14.2. The van der Waals surface area contributed by atoms with Crippen LogP contribution < -0.4 is 0 Å². The molecule has 170 valence electrons. The molecule has 6 nitrogen and oxygen atoms in total. The molecule has 0 saturated carbocycles. The van der Waals surface area contributed by atoms with Gasteiger partial charge in [0.15, 0.2) is 9.84 Å². The summed E-state index contributed by atoms with van der Waals surface area (Å²) < 4.78 is 96.2. The van der Waals surface area contributed by atoms with Crippen molar-refractivity contribution in [1.29, 1.82) is 0 Å². The van der Waals surface area contributed by atoms with Gasteiger partial charge >= 0.3 is 6.18 Å². The van der Waals surface area contributed by atoms with Crippen molar-refractivity contribution in [3.05, 3.63) is 52.8 Å². The van der Waals surface area contributed by atoms with Gasteiger partial charge in [-0.3, -0.25) is 4.98 Å². The fourth-order valence-corrected chi connectivity index (χ4v) is 6.55. The van der Waals surface area contributed by atoms with Gasteiger partial charge in [-0.05, 0) is 43.0 Å². The minimum atomic E-state index is -4.74. The van der Waals surface area contributed by atoms with E-state index in [1.54, 1.807) is 6.92 Å². The van der Waals surface area contributed by atoms with Crippen LogP contribution in [0.15, 0.2) is 46.3 Å². The van der Waals surface area contributed by atoms with Gasteiger partial charge in [-0.25, -0.2) is 16.8 Å². The zero-order chi connectivity index (χ0) is 23.2. The van der Waals surface area contributed by atoms with Crippen LogP contribution in [0, 0.1) is 5.92 Å². The van der Waals surface area contributed by atoms with Crippen LogP contribution >= 0.6 is 11.6 Å². The Bertz CT molecular complexity index is 1220. The Hall–Kier alpha value is -1.69. The molecule has 0 aliphatic carbocycles. The number of halogens is 4. The molecule has 2 unspecified atom stereocenters. The maximum atomic E-state index is 13.7. The molecule has 0 N–H and O–H groups in total. The number of sulfone groups is 2. The average molecular weight is 498 g/mol. The topological polar surface area (TPSA) is 90.4 Å². The van der Waals surface area contributed by atoms with Gasteiger partial charge in [0.05, 0.1) is 20.4 Å². The van der Waals surface area contributed by atoms with Crippen LogP contribution in [-0.2, 0) is 35.5 Å². The molecule has 0 amide bonds. The van der Waals surface area contributed by atoms with Crippen molar-refractivity contribution in [2.24, 2.45) is 5.92 Å². The first-order valence-corrected chi connectivity index (χ1v) is 12.9. The minimum Gasteiger partial charge on any atom is -0.353 e. The number of rotatable bonds is 4. The van der Waals surface area contributed by atoms with E-state index in [-0.39, 0.29) is 34.6 Å². The Morgan fingerprint density at radius 2 is 1.84 bits per heavy atom. The first kappa shape index (κ1) is 24.0. The summed E-state index contributed by atoms with van der Waals surface area (Å²) in [7, 11) is -8.26. The van der Waals surface area contributed by atoms with E-state index in [1.165, 1.54) is 0 Å². The van der Waals surface area contributed by atoms with Gasteiger partial charge in [-0.2, -0.15) is 13.2 Å². The summed E-state index contributed by atoms with van der Waals surface area (Å²) >= 11 is 6.25. The molecule has 0 bridgehead atoms. The molecule has 12 heteroatoms. The molecular weight excluding hydrogens is 479 g/mol. The van der Waals surface area contributed by atoms with E-state index in [2.05, 4.69) is 4.98 Å². The van der Waals surface area contributed by atoms with Gasteiger partial charge in [0.25, 0.3) is 0 Å². The van der Waals surface area contributed by atoms with Gasteiger partial charge < -0.3 is 4.74 Å². The van der Waals surface area contributed by atoms with Crippen LogP contribution in [0.4, 0.5) is 13.2 Å². The second-order valence-corrected chi connectivity index (χ2v) is 12.1. The molecule has 31 heavy (non-hydrogen) atoms. The highest BCUT2D eigenvalue weighted by Gasteiger charge is 2.53. The molecule has 2 aromatic rings. The van der Waals surface area contributed by atoms with Crippen LogP contribution in [0.3, 0.4) is 0 Å². The summed E-state index contributed by atoms with van der Waals surface area (Å²) in [5.74, 6) is -0.179. The first-order valence-electron chi connectivity index (χ1n) is 9.10. The summed E-state index contributed by atoms with van der Waals surface area (Å²) in [4.78, 5) is 1.01. The predicted molar refractivity (Wildman–Crippen MR) is 107 cm³/mol. The summed E-state index contributed by atoms with van der Waals surface area (Å²) in [5, 5.41) is -0.271. The lowest BCUT2D eigenvalue weighted by atomic mass is 9.95. The monoisotopic (exact) mass is 497 g/mol. The Morgan fingerprint density at radius 3 is 2.39 bits per heavy atom. The van der Waals surface area contributed by atoms with Crippen LogP contribution in [0.1, 0.15) is 31.0 Å². The van der Waals surface area contributed by atoms with Crippen molar-refractivity contribution in [1.82, 2.24) is 4.98 Å². The van der Waals surface area contributed by atoms with E-state index in [4.69, 9.17) is 16.3 Å². The summed E-state index contributed by atoms with van der Waals surface area (Å²) in [6, 6.07) is 4.41. The quantitative estimate of drug-likeness (QED) is 0.628. The third-order valence-corrected chi connectivity index (χ3v) is 8.66. The fourth-order valence-electron chi connectivity index (χ4n) is 3.46. The lowest BCUT2D eigenvalue weighted by Crippen LogP contribution is -2.44. The molecule has 2 atom stereocenters. The molecule has 1 fully saturated rings. The number of aromatic nitrogens is 1. The summed E-state index contributed by atoms with van der Waals surface area (Å²) in [6.07, 6.45) is -2.43. The molecule has 1 aliphatic rings. The number of hydrogen-bond acceptors (Lipinski definition) is 6. The van der Waals surface area contributed by atoms with Gasteiger partial charge in [0.2, 0.25) is 14.8 Å². The van der Waals surface area contributed by atoms with Gasteiger partial charge in [0, 0.05) is 19.1 Å². The molecule has 3 rings (SSSR count). The molecule has 0 spiro atoms. The molecule has 1 aromatic carbocycles. The van der Waals surface area contributed by atoms with Gasteiger partial charge in [0.1, 0.15) is 5.69 Å². The van der Waals surface area contributed by atoms with E-state index in [0.29, 0.717) is 12.5 Å². The molecule has 1 aromatic heterocycles. The third kappa shape index (κ3) is 4.46. The number of nitrogens with zero attached hydrogens (tertiary/aromatic N) is 1. The van der Waals surface area contributed by atoms with E-state index in [1.807, 2.05) is 0 Å². The lowest BCUT2D eigenvalue weighted by Gasteiger charge is -2.39. The second kappa shape index (κ2) is 8.02. The molecule has 2 heterocycles. The normalized spacial score (nSPS) is 23.0. The van der Waals surface area contributed by atoms with E-state index < -0.39 is 41.2 Å². The van der Waals surface area contributed by atoms with E-state index in [9.17, 15) is 30.0 Å². The van der Waals surface area contributed by atoms with Crippen molar-refractivity contribution in [2.45, 2.75) is 40.7 Å². The number of ether oxygens (including phenoxy) is 1. The van der Waals surface area contributed by atoms with Crippen LogP contribution in [0.25, 0.3) is 0 Å². The Balaban J connectivity index is 2.25. The van der Waals surface area contributed by atoms with Crippen molar-refractivity contribution in [2.75, 3.05) is 12.9 Å². The smallest absolute Gasteiger partial charge is 0.353 e. The summed E-state index contributed by atoms with van der Waals surface area (Å²) in [6.45, 7) is 1.78. The predicted octanol–water partition coefficient (Wildman–Crippen LogP) is 4.23. The van der Waals surface area contributed by atoms with Gasteiger partial charge in [-0.15, -0.1) is 0 Å². The van der Waals surface area contributed by atoms with Crippen LogP contribution in [-0.4, -0.2) is 34.7 Å². The van der Waals surface area contributed by atoms with Crippen LogP contribution in [0.2, 0.25) is 5.02 Å². The number of hydrogen-bond donors (Lipinski definition) is 0. The molecule has 1 aliphatic heterocycles. The van der Waals surface area contributed by atoms with Crippen LogP contribution in [0.5, 0.6) is 0 Å². The maximum absolute atomic E-state index is 13.7. The molecule has 0 radical (unpaired) electrons. The third-order valence-electron chi connectivity index (χ3n) is 5.07. The number of alkyl halides is 3. The average Bonchev–Trinajstić information content (AvgIpc) is 2.66. The van der Waals surface area contributed by atoms with Crippen molar-refractivity contribution in [3.63, 3.8) is 0 Å². The highest BCUT2D eigenvalue weighted by molar-refractivity contribution is 7.92. The zero-order valence-electron chi connectivity index (χ0n) is 16.5. The zero-order valence-corrected chi connectivity index (χ0v) is 18.9. The van der Waals surface area contributed by atoms with Gasteiger partial charge in [-0.1, -0.05) is 24.6 Å². The van der Waals surface area contributed by atoms with Crippen molar-refractivity contribution >= 4 is 31.3 Å². The highest BCUT2D eigenvalue weighted by Crippen LogP contribution is 2.47. The molecular formula is C19H19ClF3NO5S2. The number of pyridine rings is 1. The lowest BCUT2D eigenvalue weighted by molar-refractivity contribution is -0.137. The Morgan fingerprint density at radius 1 is 1.16 bits per heavy atom. The SMILES string of the molecule is CC1CCOC(c2ncc(S(C)(=O)=O)cc2Cl)(S(=O)(=O)c2cccc(C(F)(F)F)c2)C1.